The third-order valence-corrected chi connectivity index (χ3v) is 5.01. The van der Waals surface area contributed by atoms with Gasteiger partial charge in [-0.25, -0.2) is 4.79 Å². The molecular formula is C11H13Br2NO3S. The third kappa shape index (κ3) is 3.80. The van der Waals surface area contributed by atoms with Gasteiger partial charge in [0.15, 0.2) is 0 Å². The van der Waals surface area contributed by atoms with Crippen LogP contribution >= 0.6 is 43.2 Å². The molecule has 0 aliphatic heterocycles. The zero-order valence-electron chi connectivity index (χ0n) is 9.87. The number of nitrogens with one attached hydrogen (secondary N) is 1. The Bertz CT molecular complexity index is 461. The first-order valence-corrected chi connectivity index (χ1v) is 7.75. The van der Waals surface area contributed by atoms with Crippen molar-refractivity contribution >= 4 is 55.1 Å². The average molecular weight is 399 g/mol. The summed E-state index contributed by atoms with van der Waals surface area (Å²) in [5.74, 6) is -1.51. The van der Waals surface area contributed by atoms with Crippen molar-refractivity contribution in [2.45, 2.75) is 26.3 Å². The van der Waals surface area contributed by atoms with E-state index in [1.807, 2.05) is 6.92 Å². The molecule has 0 aliphatic rings. The smallest absolute Gasteiger partial charge is 0.326 e. The van der Waals surface area contributed by atoms with Crippen LogP contribution in [-0.2, 0) is 4.79 Å². The van der Waals surface area contributed by atoms with E-state index in [-0.39, 0.29) is 11.8 Å². The Morgan fingerprint density at radius 3 is 2.50 bits per heavy atom. The fourth-order valence-corrected chi connectivity index (χ4v) is 4.19. The molecule has 4 nitrogen and oxygen atoms in total. The molecule has 0 aromatic carbocycles. The van der Waals surface area contributed by atoms with Gasteiger partial charge < -0.3 is 10.4 Å². The molecule has 0 bridgehead atoms. The van der Waals surface area contributed by atoms with E-state index in [4.69, 9.17) is 5.11 Å². The predicted octanol–water partition coefficient (Wildman–Crippen LogP) is 3.50. The molecule has 0 saturated carbocycles. The third-order valence-electron chi connectivity index (χ3n) is 2.67. The van der Waals surface area contributed by atoms with E-state index in [0.717, 1.165) is 3.79 Å². The highest BCUT2D eigenvalue weighted by Gasteiger charge is 2.26. The fraction of sp³-hybridized carbons (Fsp3) is 0.455. The molecule has 2 atom stereocenters. The Morgan fingerprint density at radius 1 is 1.50 bits per heavy atom. The number of halogens is 2. The molecule has 0 aliphatic carbocycles. The Morgan fingerprint density at radius 2 is 2.11 bits per heavy atom. The van der Waals surface area contributed by atoms with E-state index in [1.54, 1.807) is 13.0 Å². The van der Waals surface area contributed by atoms with Gasteiger partial charge in [-0.05, 0) is 43.8 Å². The first-order chi connectivity index (χ1) is 8.36. The normalized spacial score (nSPS) is 14.0. The maximum absolute atomic E-state index is 12.0. The van der Waals surface area contributed by atoms with Gasteiger partial charge in [0.2, 0.25) is 0 Å². The second kappa shape index (κ2) is 6.68. The van der Waals surface area contributed by atoms with Gasteiger partial charge >= 0.3 is 5.97 Å². The molecular weight excluding hydrogens is 386 g/mol. The van der Waals surface area contributed by atoms with Gasteiger partial charge in [0.1, 0.15) is 6.04 Å². The molecule has 0 saturated heterocycles. The fourth-order valence-electron chi connectivity index (χ4n) is 1.40. The Hall–Kier alpha value is -0.400. The van der Waals surface area contributed by atoms with E-state index in [2.05, 4.69) is 37.2 Å². The van der Waals surface area contributed by atoms with Crippen molar-refractivity contribution in [3.05, 3.63) is 19.2 Å². The zero-order chi connectivity index (χ0) is 13.9. The van der Waals surface area contributed by atoms with Crippen molar-refractivity contribution in [1.82, 2.24) is 5.32 Å². The van der Waals surface area contributed by atoms with Crippen LogP contribution in [-0.4, -0.2) is 23.0 Å². The highest BCUT2D eigenvalue weighted by Crippen LogP contribution is 2.31. The van der Waals surface area contributed by atoms with E-state index < -0.39 is 12.0 Å². The molecule has 7 heteroatoms. The standard InChI is InChI=1S/C11H13Br2NO3S/c1-3-5(2)8(11(16)17)14-10(15)6-4-7(12)18-9(6)13/h4-5,8H,3H2,1-2H3,(H,14,15)(H,16,17). The molecule has 18 heavy (non-hydrogen) atoms. The van der Waals surface area contributed by atoms with Gasteiger partial charge in [0.25, 0.3) is 5.91 Å². The van der Waals surface area contributed by atoms with Crippen LogP contribution in [0.4, 0.5) is 0 Å². The second-order valence-electron chi connectivity index (χ2n) is 3.91. The molecule has 0 fully saturated rings. The molecule has 1 aromatic heterocycles. The highest BCUT2D eigenvalue weighted by molar-refractivity contribution is 9.12. The molecule has 0 radical (unpaired) electrons. The molecule has 1 heterocycles. The molecule has 0 spiro atoms. The van der Waals surface area contributed by atoms with Crippen LogP contribution < -0.4 is 5.32 Å². The van der Waals surface area contributed by atoms with Gasteiger partial charge in [-0.1, -0.05) is 20.3 Å². The predicted molar refractivity (Wildman–Crippen MR) is 78.1 cm³/mol. The SMILES string of the molecule is CCC(C)C(NC(=O)c1cc(Br)sc1Br)C(=O)O. The van der Waals surface area contributed by atoms with Gasteiger partial charge in [-0.15, -0.1) is 11.3 Å². The summed E-state index contributed by atoms with van der Waals surface area (Å²) in [6.45, 7) is 3.70. The summed E-state index contributed by atoms with van der Waals surface area (Å²) in [6, 6.07) is 0.799. The Kier molecular flexibility index (Phi) is 5.81. The van der Waals surface area contributed by atoms with E-state index in [1.165, 1.54) is 11.3 Å². The maximum Gasteiger partial charge on any atom is 0.326 e. The topological polar surface area (TPSA) is 66.4 Å². The minimum atomic E-state index is -1.01. The van der Waals surface area contributed by atoms with Crippen LogP contribution in [0.2, 0.25) is 0 Å². The summed E-state index contributed by atoms with van der Waals surface area (Å²) in [6.07, 6.45) is 0.686. The lowest BCUT2D eigenvalue weighted by molar-refractivity contribution is -0.140. The number of hydrogen-bond donors (Lipinski definition) is 2. The van der Waals surface area contributed by atoms with Crippen molar-refractivity contribution < 1.29 is 14.7 Å². The van der Waals surface area contributed by atoms with Gasteiger partial charge in [-0.2, -0.15) is 0 Å². The zero-order valence-corrected chi connectivity index (χ0v) is 13.9. The van der Waals surface area contributed by atoms with Crippen LogP contribution in [0, 0.1) is 5.92 Å². The van der Waals surface area contributed by atoms with Crippen LogP contribution in [0.3, 0.4) is 0 Å². The lowest BCUT2D eigenvalue weighted by Crippen LogP contribution is -2.45. The van der Waals surface area contributed by atoms with Crippen molar-refractivity contribution in [3.8, 4) is 0 Å². The second-order valence-corrected chi connectivity index (χ2v) is 7.66. The van der Waals surface area contributed by atoms with Crippen molar-refractivity contribution in [1.29, 1.82) is 0 Å². The molecule has 2 N–H and O–H groups in total. The van der Waals surface area contributed by atoms with Crippen LogP contribution in [0.25, 0.3) is 0 Å². The molecule has 1 aromatic rings. The largest absolute Gasteiger partial charge is 0.480 e. The first-order valence-electron chi connectivity index (χ1n) is 5.35. The minimum Gasteiger partial charge on any atom is -0.480 e. The van der Waals surface area contributed by atoms with Gasteiger partial charge in [0.05, 0.1) is 13.1 Å². The highest BCUT2D eigenvalue weighted by atomic mass is 79.9. The lowest BCUT2D eigenvalue weighted by Gasteiger charge is -2.19. The molecule has 1 rings (SSSR count). The van der Waals surface area contributed by atoms with Gasteiger partial charge in [-0.3, -0.25) is 4.79 Å². The van der Waals surface area contributed by atoms with Gasteiger partial charge in [0, 0.05) is 0 Å². The molecule has 2 unspecified atom stereocenters. The number of hydrogen-bond acceptors (Lipinski definition) is 3. The van der Waals surface area contributed by atoms with Crippen molar-refractivity contribution in [2.24, 2.45) is 5.92 Å². The van der Waals surface area contributed by atoms with Crippen LogP contribution in [0.5, 0.6) is 0 Å². The molecule has 1 amide bonds. The molecule has 100 valence electrons. The quantitative estimate of drug-likeness (QED) is 0.797. The Labute approximate surface area is 126 Å². The summed E-state index contributed by atoms with van der Waals surface area (Å²) in [5, 5.41) is 11.7. The summed E-state index contributed by atoms with van der Waals surface area (Å²) < 4.78 is 1.50. The summed E-state index contributed by atoms with van der Waals surface area (Å²) in [7, 11) is 0. The number of carbonyl (C=O) groups is 2. The number of thiophene rings is 1. The lowest BCUT2D eigenvalue weighted by atomic mass is 9.99. The Balaban J connectivity index is 2.85. The number of carboxylic acid groups (broad SMARTS) is 1. The van der Waals surface area contributed by atoms with Crippen molar-refractivity contribution in [3.63, 3.8) is 0 Å². The van der Waals surface area contributed by atoms with Crippen molar-refractivity contribution in [2.75, 3.05) is 0 Å². The summed E-state index contributed by atoms with van der Waals surface area (Å²) >= 11 is 7.93. The maximum atomic E-state index is 12.0. The monoisotopic (exact) mass is 397 g/mol. The number of carboxylic acids is 1. The average Bonchev–Trinajstić information content (AvgIpc) is 2.63. The number of amides is 1. The van der Waals surface area contributed by atoms with Crippen LogP contribution in [0.15, 0.2) is 13.6 Å². The minimum absolute atomic E-state index is 0.118. The van der Waals surface area contributed by atoms with E-state index >= 15 is 0 Å². The summed E-state index contributed by atoms with van der Waals surface area (Å²) in [4.78, 5) is 23.1. The number of aliphatic carboxylic acids is 1. The summed E-state index contributed by atoms with van der Waals surface area (Å²) in [5.41, 5.74) is 0.446. The van der Waals surface area contributed by atoms with E-state index in [9.17, 15) is 9.59 Å². The first kappa shape index (κ1) is 15.7. The van der Waals surface area contributed by atoms with Crippen LogP contribution in [0.1, 0.15) is 30.6 Å². The number of rotatable bonds is 5. The number of carbonyl (C=O) groups excluding carboxylic acids is 1. The van der Waals surface area contributed by atoms with E-state index in [0.29, 0.717) is 15.8 Å².